The number of nitrogens with zero attached hydrogens (tertiary/aromatic N) is 1. The maximum atomic E-state index is 13.3. The molecule has 1 heterocycles. The number of hydrogen-bond donors (Lipinski definition) is 1. The Morgan fingerprint density at radius 2 is 1.62 bits per heavy atom. The number of benzene rings is 3. The summed E-state index contributed by atoms with van der Waals surface area (Å²) in [6, 6.07) is 12.8. The van der Waals surface area contributed by atoms with E-state index in [0.29, 0.717) is 21.9 Å². The van der Waals surface area contributed by atoms with E-state index in [4.69, 9.17) is 5.73 Å². The highest BCUT2D eigenvalue weighted by Crippen LogP contribution is 2.37. The zero-order valence-corrected chi connectivity index (χ0v) is 16.1. The smallest absolute Gasteiger partial charge is 0.406 e. The van der Waals surface area contributed by atoms with Gasteiger partial charge in [-0.1, -0.05) is 24.3 Å². The Hall–Kier alpha value is -3.69. The first kappa shape index (κ1) is 21.5. The molecule has 0 aliphatic carbocycles. The van der Waals surface area contributed by atoms with Gasteiger partial charge in [0.1, 0.15) is 5.75 Å². The van der Waals surface area contributed by atoms with Crippen LogP contribution in [-0.2, 0) is 12.7 Å². The summed E-state index contributed by atoms with van der Waals surface area (Å²) < 4.78 is 83.2. The van der Waals surface area contributed by atoms with Crippen molar-refractivity contribution in [2.75, 3.05) is 0 Å². The van der Waals surface area contributed by atoms with E-state index >= 15 is 0 Å². The van der Waals surface area contributed by atoms with Crippen molar-refractivity contribution in [1.82, 2.24) is 4.57 Å². The van der Waals surface area contributed by atoms with Crippen molar-refractivity contribution >= 4 is 27.7 Å². The quantitative estimate of drug-likeness (QED) is 0.395. The van der Waals surface area contributed by atoms with Crippen molar-refractivity contribution < 1.29 is 35.9 Å². The van der Waals surface area contributed by atoms with Crippen LogP contribution in [0.3, 0.4) is 0 Å². The predicted octanol–water partition coefficient (Wildman–Crippen LogP) is 5.86. The Balaban J connectivity index is 1.94. The number of carbonyl (C=O) groups is 1. The fourth-order valence-corrected chi connectivity index (χ4v) is 3.72. The predicted molar refractivity (Wildman–Crippen MR) is 105 cm³/mol. The number of nitrogens with two attached hydrogens (primary N) is 1. The summed E-state index contributed by atoms with van der Waals surface area (Å²) in [6.07, 6.45) is -9.49. The Bertz CT molecular complexity index is 1340. The first-order valence-electron chi connectivity index (χ1n) is 9.21. The van der Waals surface area contributed by atoms with Crippen LogP contribution < -0.4 is 10.5 Å². The lowest BCUT2D eigenvalue weighted by Crippen LogP contribution is -2.17. The number of primary amides is 1. The normalized spacial score (nSPS) is 12.4. The standard InChI is InChI=1S/C22H14F6N2O2/c23-21(24,25)13-7-8-15-18(10-13)30(17-6-2-5-16(19(15)17)20(29)31)11-12-3-1-4-14(9-12)32-22(26,27)28/h1-10H,11H2,(H2,29,31). The van der Waals surface area contributed by atoms with Gasteiger partial charge in [0.25, 0.3) is 0 Å². The molecule has 10 heteroatoms. The minimum atomic E-state index is -4.89. The van der Waals surface area contributed by atoms with Gasteiger partial charge in [-0.2, -0.15) is 13.2 Å². The SMILES string of the molecule is NC(=O)c1cccc2c1c1ccc(C(F)(F)F)cc1n2Cc1cccc(OC(F)(F)F)c1. The third kappa shape index (κ3) is 4.08. The molecule has 4 nitrogen and oxygen atoms in total. The van der Waals surface area contributed by atoms with Crippen molar-refractivity contribution in [2.24, 2.45) is 5.73 Å². The highest BCUT2D eigenvalue weighted by molar-refractivity contribution is 6.18. The van der Waals surface area contributed by atoms with Crippen LogP contribution in [0.1, 0.15) is 21.5 Å². The Morgan fingerprint density at radius 3 is 2.28 bits per heavy atom. The van der Waals surface area contributed by atoms with Crippen LogP contribution in [0.4, 0.5) is 26.3 Å². The molecule has 2 N–H and O–H groups in total. The summed E-state index contributed by atoms with van der Waals surface area (Å²) in [6.45, 7) is -0.0709. The lowest BCUT2D eigenvalue weighted by molar-refractivity contribution is -0.274. The van der Waals surface area contributed by atoms with E-state index in [0.717, 1.165) is 24.3 Å². The molecule has 32 heavy (non-hydrogen) atoms. The van der Waals surface area contributed by atoms with Crippen LogP contribution in [-0.4, -0.2) is 16.8 Å². The molecule has 0 spiro atoms. The van der Waals surface area contributed by atoms with E-state index in [1.54, 1.807) is 6.07 Å². The molecule has 0 fully saturated rings. The Labute approximate surface area is 176 Å². The number of aromatic nitrogens is 1. The average molecular weight is 452 g/mol. The maximum Gasteiger partial charge on any atom is 0.573 e. The van der Waals surface area contributed by atoms with E-state index in [-0.39, 0.29) is 17.6 Å². The molecule has 1 amide bonds. The molecule has 0 saturated carbocycles. The Morgan fingerprint density at radius 1 is 0.906 bits per heavy atom. The van der Waals surface area contributed by atoms with Gasteiger partial charge < -0.3 is 15.0 Å². The third-order valence-electron chi connectivity index (χ3n) is 4.96. The number of hydrogen-bond acceptors (Lipinski definition) is 2. The second-order valence-corrected chi connectivity index (χ2v) is 7.07. The molecule has 0 radical (unpaired) electrons. The van der Waals surface area contributed by atoms with E-state index in [1.165, 1.54) is 34.9 Å². The monoisotopic (exact) mass is 452 g/mol. The second kappa shape index (κ2) is 7.47. The van der Waals surface area contributed by atoms with Crippen molar-refractivity contribution in [1.29, 1.82) is 0 Å². The number of amides is 1. The third-order valence-corrected chi connectivity index (χ3v) is 4.96. The van der Waals surface area contributed by atoms with Crippen LogP contribution in [0.2, 0.25) is 0 Å². The molecule has 0 unspecified atom stereocenters. The molecular weight excluding hydrogens is 438 g/mol. The molecule has 3 aromatic carbocycles. The van der Waals surface area contributed by atoms with Crippen LogP contribution in [0.5, 0.6) is 5.75 Å². The highest BCUT2D eigenvalue weighted by Gasteiger charge is 2.32. The van der Waals surface area contributed by atoms with Gasteiger partial charge in [-0.05, 0) is 42.0 Å². The van der Waals surface area contributed by atoms with Crippen molar-refractivity contribution in [2.45, 2.75) is 19.1 Å². The van der Waals surface area contributed by atoms with E-state index in [1.807, 2.05) is 0 Å². The number of ether oxygens (including phenoxy) is 1. The first-order chi connectivity index (χ1) is 14.9. The minimum absolute atomic E-state index is 0.0709. The van der Waals surface area contributed by atoms with Crippen LogP contribution in [0.15, 0.2) is 60.7 Å². The Kier molecular flexibility index (Phi) is 5.03. The van der Waals surface area contributed by atoms with Crippen LogP contribution in [0.25, 0.3) is 21.8 Å². The van der Waals surface area contributed by atoms with Gasteiger partial charge in [0.2, 0.25) is 5.91 Å². The molecule has 4 aromatic rings. The molecule has 4 rings (SSSR count). The van der Waals surface area contributed by atoms with E-state index in [9.17, 15) is 31.1 Å². The van der Waals surface area contributed by atoms with E-state index < -0.39 is 29.8 Å². The highest BCUT2D eigenvalue weighted by atomic mass is 19.4. The summed E-state index contributed by atoms with van der Waals surface area (Å²) >= 11 is 0. The molecule has 0 saturated heterocycles. The molecule has 166 valence electrons. The number of rotatable bonds is 4. The zero-order valence-electron chi connectivity index (χ0n) is 16.1. The molecule has 0 aliphatic rings. The summed E-state index contributed by atoms with van der Waals surface area (Å²) in [4.78, 5) is 11.9. The summed E-state index contributed by atoms with van der Waals surface area (Å²) in [5.41, 5.74) is 5.61. The molecule has 0 atom stereocenters. The topological polar surface area (TPSA) is 57.2 Å². The second-order valence-electron chi connectivity index (χ2n) is 7.07. The fourth-order valence-electron chi connectivity index (χ4n) is 3.72. The van der Waals surface area contributed by atoms with Gasteiger partial charge in [0.15, 0.2) is 0 Å². The molecular formula is C22H14F6N2O2. The van der Waals surface area contributed by atoms with Crippen molar-refractivity contribution in [3.63, 3.8) is 0 Å². The lowest BCUT2D eigenvalue weighted by Gasteiger charge is -2.12. The summed E-state index contributed by atoms with van der Waals surface area (Å²) in [5.74, 6) is -1.21. The van der Waals surface area contributed by atoms with Gasteiger partial charge in [-0.25, -0.2) is 0 Å². The fraction of sp³-hybridized carbons (Fsp3) is 0.136. The van der Waals surface area contributed by atoms with E-state index in [2.05, 4.69) is 4.74 Å². The lowest BCUT2D eigenvalue weighted by atomic mass is 10.0. The van der Waals surface area contributed by atoms with Gasteiger partial charge in [0, 0.05) is 22.9 Å². The largest absolute Gasteiger partial charge is 0.573 e. The van der Waals surface area contributed by atoms with Gasteiger partial charge >= 0.3 is 12.5 Å². The van der Waals surface area contributed by atoms with Gasteiger partial charge in [-0.15, -0.1) is 13.2 Å². The minimum Gasteiger partial charge on any atom is -0.406 e. The number of carbonyl (C=O) groups excluding carboxylic acids is 1. The van der Waals surface area contributed by atoms with Gasteiger partial charge in [0.05, 0.1) is 16.6 Å². The maximum absolute atomic E-state index is 13.3. The summed E-state index contributed by atoms with van der Waals surface area (Å²) in [7, 11) is 0. The van der Waals surface area contributed by atoms with Crippen molar-refractivity contribution in [3.05, 3.63) is 77.4 Å². The van der Waals surface area contributed by atoms with Gasteiger partial charge in [-0.3, -0.25) is 4.79 Å². The first-order valence-corrected chi connectivity index (χ1v) is 9.21. The zero-order chi connectivity index (χ0) is 23.3. The number of fused-ring (bicyclic) bond motifs is 3. The average Bonchev–Trinajstić information content (AvgIpc) is 2.99. The molecule has 0 aliphatic heterocycles. The van der Waals surface area contributed by atoms with Crippen molar-refractivity contribution in [3.8, 4) is 5.75 Å². The number of halogens is 6. The molecule has 1 aromatic heterocycles. The molecule has 0 bridgehead atoms. The number of alkyl halides is 6. The van der Waals surface area contributed by atoms with Crippen LogP contribution in [0, 0.1) is 0 Å². The summed E-state index contributed by atoms with van der Waals surface area (Å²) in [5, 5.41) is 0.733. The van der Waals surface area contributed by atoms with Crippen LogP contribution >= 0.6 is 0 Å².